The molecule has 1 aromatic heterocycles. The number of aromatic nitrogens is 2. The van der Waals surface area contributed by atoms with Crippen molar-refractivity contribution in [3.05, 3.63) is 11.7 Å². The van der Waals surface area contributed by atoms with E-state index in [4.69, 9.17) is 10.3 Å². The summed E-state index contributed by atoms with van der Waals surface area (Å²) in [4.78, 5) is 8.26. The van der Waals surface area contributed by atoms with Gasteiger partial charge in [-0.05, 0) is 5.92 Å². The molecule has 0 aliphatic heterocycles. The topological polar surface area (TPSA) is 89.3 Å². The Morgan fingerprint density at radius 2 is 2.31 bits per heavy atom. The molecule has 1 rings (SSSR count). The number of nitrogens with two attached hydrogens (primary N) is 1. The smallest absolute Gasteiger partial charge is 0.223 e. The first kappa shape index (κ1) is 12.5. The molecule has 6 nitrogen and oxygen atoms in total. The Morgan fingerprint density at radius 1 is 1.56 bits per heavy atom. The molecule has 0 saturated heterocycles. The van der Waals surface area contributed by atoms with Crippen molar-refractivity contribution in [2.45, 2.75) is 27.2 Å². The van der Waals surface area contributed by atoms with Crippen LogP contribution in [0.3, 0.4) is 0 Å². The molecule has 0 atom stereocenters. The lowest BCUT2D eigenvalue weighted by molar-refractivity contribution is 0.387. The van der Waals surface area contributed by atoms with E-state index in [0.717, 1.165) is 6.54 Å². The van der Waals surface area contributed by atoms with Crippen LogP contribution in [0.1, 0.15) is 25.6 Å². The molecule has 0 radical (unpaired) electrons. The van der Waals surface area contributed by atoms with Crippen molar-refractivity contribution < 1.29 is 4.52 Å². The summed E-state index contributed by atoms with van der Waals surface area (Å²) in [6.45, 7) is 7.35. The standard InChI is InChI=1S/C10H19N5O/c1-7(2)6-13-10(11)12-5-4-9-14-8(3)16-15-9/h7H,4-6H2,1-3H3,(H3,11,12,13). The predicted molar refractivity (Wildman–Crippen MR) is 62.1 cm³/mol. The van der Waals surface area contributed by atoms with Gasteiger partial charge in [0.2, 0.25) is 5.89 Å². The maximum Gasteiger partial charge on any atom is 0.223 e. The van der Waals surface area contributed by atoms with Gasteiger partial charge < -0.3 is 15.6 Å². The number of aryl methyl sites for hydroxylation is 1. The third-order valence-electron chi connectivity index (χ3n) is 1.85. The van der Waals surface area contributed by atoms with E-state index in [1.54, 1.807) is 6.92 Å². The summed E-state index contributed by atoms with van der Waals surface area (Å²) in [5.74, 6) is 2.24. The summed E-state index contributed by atoms with van der Waals surface area (Å²) in [6, 6.07) is 0. The van der Waals surface area contributed by atoms with Crippen molar-refractivity contribution in [3.63, 3.8) is 0 Å². The third kappa shape index (κ3) is 4.77. The monoisotopic (exact) mass is 225 g/mol. The van der Waals surface area contributed by atoms with E-state index >= 15 is 0 Å². The second-order valence-corrected chi connectivity index (χ2v) is 4.03. The maximum absolute atomic E-state index is 5.67. The zero-order chi connectivity index (χ0) is 12.0. The number of hydrogen-bond donors (Lipinski definition) is 2. The molecule has 0 aliphatic carbocycles. The molecule has 90 valence electrons. The normalized spacial score (nSPS) is 12.1. The Morgan fingerprint density at radius 3 is 2.88 bits per heavy atom. The second-order valence-electron chi connectivity index (χ2n) is 4.03. The first-order valence-corrected chi connectivity index (χ1v) is 5.41. The fraction of sp³-hybridized carbons (Fsp3) is 0.700. The highest BCUT2D eigenvalue weighted by molar-refractivity contribution is 5.77. The van der Waals surface area contributed by atoms with Gasteiger partial charge in [0, 0.05) is 26.4 Å². The lowest BCUT2D eigenvalue weighted by atomic mass is 10.2. The molecule has 0 fully saturated rings. The van der Waals surface area contributed by atoms with E-state index in [1.807, 2.05) is 0 Å². The van der Waals surface area contributed by atoms with Gasteiger partial charge in [-0.1, -0.05) is 19.0 Å². The van der Waals surface area contributed by atoms with Crippen LogP contribution in [0.4, 0.5) is 0 Å². The summed E-state index contributed by atoms with van der Waals surface area (Å²) in [6.07, 6.45) is 0.676. The Kier molecular flexibility index (Phi) is 4.75. The van der Waals surface area contributed by atoms with Crippen LogP contribution in [0.2, 0.25) is 0 Å². The molecule has 16 heavy (non-hydrogen) atoms. The SMILES string of the molecule is Cc1nc(CCNC(N)=NCC(C)C)no1. The number of nitrogens with zero attached hydrogens (tertiary/aromatic N) is 3. The van der Waals surface area contributed by atoms with Gasteiger partial charge >= 0.3 is 0 Å². The highest BCUT2D eigenvalue weighted by Crippen LogP contribution is 1.94. The first-order chi connectivity index (χ1) is 7.58. The fourth-order valence-electron chi connectivity index (χ4n) is 1.08. The van der Waals surface area contributed by atoms with Gasteiger partial charge in [0.1, 0.15) is 0 Å². The summed E-state index contributed by atoms with van der Waals surface area (Å²) in [5.41, 5.74) is 5.67. The summed E-state index contributed by atoms with van der Waals surface area (Å²) < 4.78 is 4.85. The first-order valence-electron chi connectivity index (χ1n) is 5.41. The third-order valence-corrected chi connectivity index (χ3v) is 1.85. The number of nitrogens with one attached hydrogen (secondary N) is 1. The largest absolute Gasteiger partial charge is 0.370 e. The van der Waals surface area contributed by atoms with Crippen LogP contribution in [0.5, 0.6) is 0 Å². The zero-order valence-corrected chi connectivity index (χ0v) is 10.0. The molecule has 0 saturated carbocycles. The van der Waals surface area contributed by atoms with E-state index in [1.165, 1.54) is 0 Å². The molecule has 0 bridgehead atoms. The molecule has 0 unspecified atom stereocenters. The minimum absolute atomic E-state index is 0.467. The van der Waals surface area contributed by atoms with Gasteiger partial charge in [-0.2, -0.15) is 4.98 Å². The lowest BCUT2D eigenvalue weighted by Crippen LogP contribution is -2.33. The molecule has 3 N–H and O–H groups in total. The molecule has 1 aromatic rings. The van der Waals surface area contributed by atoms with Gasteiger partial charge in [-0.25, -0.2) is 0 Å². The second kappa shape index (κ2) is 6.09. The predicted octanol–water partition coefficient (Wildman–Crippen LogP) is 0.481. The summed E-state index contributed by atoms with van der Waals surface area (Å²) in [5, 5.41) is 6.78. The number of aliphatic imine (C=N–C) groups is 1. The van der Waals surface area contributed by atoms with Crippen LogP contribution in [0.25, 0.3) is 0 Å². The maximum atomic E-state index is 5.67. The van der Waals surface area contributed by atoms with Gasteiger partial charge in [-0.3, -0.25) is 4.99 Å². The average Bonchev–Trinajstić information content (AvgIpc) is 2.61. The molecular weight excluding hydrogens is 206 g/mol. The molecule has 0 amide bonds. The van der Waals surface area contributed by atoms with Crippen molar-refractivity contribution >= 4 is 5.96 Å². The van der Waals surface area contributed by atoms with Crippen LogP contribution in [-0.4, -0.2) is 29.2 Å². The molecule has 6 heteroatoms. The van der Waals surface area contributed by atoms with Crippen molar-refractivity contribution in [2.75, 3.05) is 13.1 Å². The highest BCUT2D eigenvalue weighted by Gasteiger charge is 2.01. The van der Waals surface area contributed by atoms with Crippen LogP contribution in [-0.2, 0) is 6.42 Å². The van der Waals surface area contributed by atoms with Crippen molar-refractivity contribution in [1.29, 1.82) is 0 Å². The number of rotatable bonds is 5. The van der Waals surface area contributed by atoms with Gasteiger partial charge in [0.25, 0.3) is 0 Å². The van der Waals surface area contributed by atoms with Crippen molar-refractivity contribution in [1.82, 2.24) is 15.5 Å². The number of hydrogen-bond acceptors (Lipinski definition) is 4. The molecule has 0 aliphatic rings. The molecule has 0 spiro atoms. The Hall–Kier alpha value is -1.59. The molecule has 1 heterocycles. The lowest BCUT2D eigenvalue weighted by Gasteiger charge is -2.04. The minimum atomic E-state index is 0.467. The van der Waals surface area contributed by atoms with Gasteiger partial charge in [0.05, 0.1) is 0 Å². The average molecular weight is 225 g/mol. The van der Waals surface area contributed by atoms with E-state index in [-0.39, 0.29) is 0 Å². The quantitative estimate of drug-likeness (QED) is 0.562. The summed E-state index contributed by atoms with van der Waals surface area (Å²) in [7, 11) is 0. The Balaban J connectivity index is 2.22. The fourth-order valence-corrected chi connectivity index (χ4v) is 1.08. The molecular formula is C10H19N5O. The molecule has 0 aromatic carbocycles. The Labute approximate surface area is 95.3 Å². The summed E-state index contributed by atoms with van der Waals surface area (Å²) >= 11 is 0. The van der Waals surface area contributed by atoms with E-state index in [0.29, 0.717) is 36.6 Å². The van der Waals surface area contributed by atoms with E-state index in [2.05, 4.69) is 34.3 Å². The van der Waals surface area contributed by atoms with Crippen LogP contribution >= 0.6 is 0 Å². The van der Waals surface area contributed by atoms with E-state index < -0.39 is 0 Å². The Bertz CT molecular complexity index is 345. The highest BCUT2D eigenvalue weighted by atomic mass is 16.5. The van der Waals surface area contributed by atoms with Crippen LogP contribution in [0, 0.1) is 12.8 Å². The minimum Gasteiger partial charge on any atom is -0.370 e. The van der Waals surface area contributed by atoms with Gasteiger partial charge in [0.15, 0.2) is 11.8 Å². The van der Waals surface area contributed by atoms with Gasteiger partial charge in [-0.15, -0.1) is 0 Å². The van der Waals surface area contributed by atoms with Crippen LogP contribution < -0.4 is 11.1 Å². The van der Waals surface area contributed by atoms with Crippen molar-refractivity contribution in [2.24, 2.45) is 16.6 Å². The zero-order valence-electron chi connectivity index (χ0n) is 10.0. The number of guanidine groups is 1. The van der Waals surface area contributed by atoms with E-state index in [9.17, 15) is 0 Å². The van der Waals surface area contributed by atoms with Crippen LogP contribution in [0.15, 0.2) is 9.52 Å². The van der Waals surface area contributed by atoms with Crippen molar-refractivity contribution in [3.8, 4) is 0 Å².